The summed E-state index contributed by atoms with van der Waals surface area (Å²) < 4.78 is 13.7. The van der Waals surface area contributed by atoms with Gasteiger partial charge in [0.2, 0.25) is 0 Å². The van der Waals surface area contributed by atoms with Gasteiger partial charge in [-0.2, -0.15) is 0 Å². The van der Waals surface area contributed by atoms with Crippen LogP contribution in [-0.2, 0) is 6.54 Å². The first kappa shape index (κ1) is 16.0. The molecule has 4 nitrogen and oxygen atoms in total. The van der Waals surface area contributed by atoms with Crippen LogP contribution in [-0.4, -0.2) is 36.1 Å². The quantitative estimate of drug-likeness (QED) is 0.940. The van der Waals surface area contributed by atoms with Gasteiger partial charge in [-0.15, -0.1) is 23.7 Å². The van der Waals surface area contributed by atoms with Gasteiger partial charge in [0, 0.05) is 43.8 Å². The SMILES string of the molecule is Cl.Nc1ncc(CN2CCN(c3ccccc3F)CC2)s1. The van der Waals surface area contributed by atoms with Crippen LogP contribution < -0.4 is 10.6 Å². The van der Waals surface area contributed by atoms with Crippen LogP contribution in [0, 0.1) is 5.82 Å². The second-order valence-corrected chi connectivity index (χ2v) is 6.03. The molecule has 1 aromatic carbocycles. The number of nitrogens with zero attached hydrogens (tertiary/aromatic N) is 3. The van der Waals surface area contributed by atoms with Crippen LogP contribution in [0.2, 0.25) is 0 Å². The fraction of sp³-hybridized carbons (Fsp3) is 0.357. The van der Waals surface area contributed by atoms with Crippen molar-refractivity contribution in [2.24, 2.45) is 0 Å². The number of nitrogens with two attached hydrogens (primary N) is 1. The Morgan fingerprint density at radius 1 is 1.19 bits per heavy atom. The third kappa shape index (κ3) is 3.84. The molecule has 0 unspecified atom stereocenters. The number of hydrogen-bond acceptors (Lipinski definition) is 5. The summed E-state index contributed by atoms with van der Waals surface area (Å²) in [6.45, 7) is 4.41. The number of thiazole rings is 1. The summed E-state index contributed by atoms with van der Waals surface area (Å²) in [4.78, 5) is 9.70. The minimum atomic E-state index is -0.142. The number of para-hydroxylation sites is 1. The van der Waals surface area contributed by atoms with E-state index in [0.29, 0.717) is 10.8 Å². The minimum Gasteiger partial charge on any atom is -0.375 e. The van der Waals surface area contributed by atoms with Crippen molar-refractivity contribution in [3.8, 4) is 0 Å². The highest BCUT2D eigenvalue weighted by molar-refractivity contribution is 7.15. The van der Waals surface area contributed by atoms with Crippen molar-refractivity contribution >= 4 is 34.6 Å². The number of benzene rings is 1. The molecule has 1 aromatic heterocycles. The minimum absolute atomic E-state index is 0. The monoisotopic (exact) mass is 328 g/mol. The van der Waals surface area contributed by atoms with E-state index in [0.717, 1.165) is 32.7 Å². The molecule has 2 aromatic rings. The molecular formula is C14H18ClFN4S. The molecule has 1 saturated heterocycles. The van der Waals surface area contributed by atoms with Crippen LogP contribution in [0.4, 0.5) is 15.2 Å². The molecule has 7 heteroatoms. The lowest BCUT2D eigenvalue weighted by atomic mass is 10.2. The third-order valence-corrected chi connectivity index (χ3v) is 4.33. The van der Waals surface area contributed by atoms with Crippen molar-refractivity contribution in [3.05, 3.63) is 41.2 Å². The highest BCUT2D eigenvalue weighted by Gasteiger charge is 2.19. The van der Waals surface area contributed by atoms with E-state index in [2.05, 4.69) is 14.8 Å². The van der Waals surface area contributed by atoms with Crippen molar-refractivity contribution in [2.75, 3.05) is 36.8 Å². The van der Waals surface area contributed by atoms with E-state index >= 15 is 0 Å². The first-order valence-corrected chi connectivity index (χ1v) is 7.46. The van der Waals surface area contributed by atoms with Crippen molar-refractivity contribution in [1.29, 1.82) is 0 Å². The maximum Gasteiger partial charge on any atom is 0.180 e. The Balaban J connectivity index is 0.00000161. The fourth-order valence-electron chi connectivity index (χ4n) is 2.47. The van der Waals surface area contributed by atoms with Crippen LogP contribution in [0.1, 0.15) is 4.88 Å². The highest BCUT2D eigenvalue weighted by Crippen LogP contribution is 2.22. The third-order valence-electron chi connectivity index (χ3n) is 3.52. The van der Waals surface area contributed by atoms with Crippen LogP contribution in [0.5, 0.6) is 0 Å². The molecule has 0 saturated carbocycles. The lowest BCUT2D eigenvalue weighted by molar-refractivity contribution is 0.251. The van der Waals surface area contributed by atoms with Gasteiger partial charge in [-0.25, -0.2) is 9.37 Å². The van der Waals surface area contributed by atoms with E-state index in [1.54, 1.807) is 6.07 Å². The Morgan fingerprint density at radius 2 is 1.90 bits per heavy atom. The second kappa shape index (κ2) is 7.06. The smallest absolute Gasteiger partial charge is 0.180 e. The number of nitrogen functional groups attached to an aromatic ring is 1. The van der Waals surface area contributed by atoms with Gasteiger partial charge in [-0.1, -0.05) is 12.1 Å². The average molecular weight is 329 g/mol. The van der Waals surface area contributed by atoms with E-state index in [1.807, 2.05) is 18.3 Å². The number of hydrogen-bond donors (Lipinski definition) is 1. The van der Waals surface area contributed by atoms with Crippen LogP contribution >= 0.6 is 23.7 Å². The van der Waals surface area contributed by atoms with Gasteiger partial charge in [0.1, 0.15) is 5.82 Å². The van der Waals surface area contributed by atoms with Gasteiger partial charge >= 0.3 is 0 Å². The summed E-state index contributed by atoms with van der Waals surface area (Å²) in [5.74, 6) is -0.142. The van der Waals surface area contributed by atoms with Gasteiger partial charge in [0.05, 0.1) is 5.69 Å². The molecule has 1 aliphatic rings. The van der Waals surface area contributed by atoms with E-state index in [4.69, 9.17) is 5.73 Å². The Labute approximate surface area is 133 Å². The van der Waals surface area contributed by atoms with Gasteiger partial charge in [0.25, 0.3) is 0 Å². The molecule has 21 heavy (non-hydrogen) atoms. The largest absolute Gasteiger partial charge is 0.375 e. The average Bonchev–Trinajstić information content (AvgIpc) is 2.86. The fourth-order valence-corrected chi connectivity index (χ4v) is 3.20. The summed E-state index contributed by atoms with van der Waals surface area (Å²) in [7, 11) is 0. The van der Waals surface area contributed by atoms with Crippen molar-refractivity contribution in [1.82, 2.24) is 9.88 Å². The Hall–Kier alpha value is -1.37. The number of aromatic nitrogens is 1. The van der Waals surface area contributed by atoms with Gasteiger partial charge in [-0.05, 0) is 12.1 Å². The zero-order chi connectivity index (χ0) is 13.9. The maximum absolute atomic E-state index is 13.7. The number of anilines is 2. The summed E-state index contributed by atoms with van der Waals surface area (Å²) >= 11 is 1.53. The lowest BCUT2D eigenvalue weighted by Gasteiger charge is -2.35. The van der Waals surface area contributed by atoms with Gasteiger partial charge in [0.15, 0.2) is 5.13 Å². The summed E-state index contributed by atoms with van der Waals surface area (Å²) in [6, 6.07) is 6.96. The molecule has 0 atom stereocenters. The molecule has 0 aliphatic carbocycles. The molecule has 0 radical (unpaired) electrons. The molecule has 1 aliphatic heterocycles. The molecular weight excluding hydrogens is 311 g/mol. The van der Waals surface area contributed by atoms with Crippen molar-refractivity contribution in [3.63, 3.8) is 0 Å². The molecule has 114 valence electrons. The van der Waals surface area contributed by atoms with E-state index in [-0.39, 0.29) is 18.2 Å². The molecule has 0 spiro atoms. The van der Waals surface area contributed by atoms with Crippen molar-refractivity contribution in [2.45, 2.75) is 6.54 Å². The second-order valence-electron chi connectivity index (χ2n) is 4.88. The highest BCUT2D eigenvalue weighted by atomic mass is 35.5. The maximum atomic E-state index is 13.7. The molecule has 2 N–H and O–H groups in total. The zero-order valence-electron chi connectivity index (χ0n) is 11.5. The normalized spacial score (nSPS) is 15.8. The van der Waals surface area contributed by atoms with E-state index in [9.17, 15) is 4.39 Å². The topological polar surface area (TPSA) is 45.4 Å². The molecule has 0 amide bonds. The Kier molecular flexibility index (Phi) is 5.39. The van der Waals surface area contributed by atoms with E-state index < -0.39 is 0 Å². The number of rotatable bonds is 3. The van der Waals surface area contributed by atoms with Gasteiger partial charge < -0.3 is 10.6 Å². The number of piperazine rings is 1. The summed E-state index contributed by atoms with van der Waals surface area (Å²) in [5.41, 5.74) is 6.34. The molecule has 0 bridgehead atoms. The van der Waals surface area contributed by atoms with Crippen molar-refractivity contribution < 1.29 is 4.39 Å². The predicted octanol–water partition coefficient (Wildman–Crippen LogP) is 2.61. The molecule has 3 rings (SSSR count). The molecule has 2 heterocycles. The Bertz CT molecular complexity index is 584. The van der Waals surface area contributed by atoms with Crippen LogP contribution in [0.25, 0.3) is 0 Å². The van der Waals surface area contributed by atoms with Gasteiger partial charge in [-0.3, -0.25) is 4.90 Å². The van der Waals surface area contributed by atoms with E-state index in [1.165, 1.54) is 22.3 Å². The lowest BCUT2D eigenvalue weighted by Crippen LogP contribution is -2.46. The van der Waals surface area contributed by atoms with Crippen LogP contribution in [0.3, 0.4) is 0 Å². The standard InChI is InChI=1S/C14H17FN4S.ClH/c15-12-3-1-2-4-13(12)19-7-5-18(6-8-19)10-11-9-17-14(16)20-11;/h1-4,9H,5-8,10H2,(H2,16,17);1H. The van der Waals surface area contributed by atoms with Crippen LogP contribution in [0.15, 0.2) is 30.5 Å². The zero-order valence-corrected chi connectivity index (χ0v) is 13.2. The summed E-state index contributed by atoms with van der Waals surface area (Å²) in [6.07, 6.45) is 1.84. The Morgan fingerprint density at radius 3 is 2.52 bits per heavy atom. The summed E-state index contributed by atoms with van der Waals surface area (Å²) in [5, 5.41) is 0.616. The predicted molar refractivity (Wildman–Crippen MR) is 87.7 cm³/mol. The molecule has 1 fully saturated rings. The first-order chi connectivity index (χ1) is 9.72. The first-order valence-electron chi connectivity index (χ1n) is 6.64. The number of halogens is 2.